The van der Waals surface area contributed by atoms with E-state index in [4.69, 9.17) is 0 Å². The van der Waals surface area contributed by atoms with Crippen molar-refractivity contribution in [1.82, 2.24) is 0 Å². The number of benzene rings is 1. The van der Waals surface area contributed by atoms with E-state index >= 15 is 0 Å². The van der Waals surface area contributed by atoms with Crippen LogP contribution >= 0.6 is 0 Å². The van der Waals surface area contributed by atoms with Gasteiger partial charge in [-0.1, -0.05) is 55.7 Å². The standard InChI is InChI=1S/C25H32O2/c1-17-10-6-7-13-19(17)24(27)23-20(18-11-4-3-5-12-18)16-22(26)21-14-8-9-15-25(21,23)2/h3-5,11-12,20-21,23H,6-10,13-16H2,1-2H3/t20-,21+,23+,25-/m0/s1. The minimum atomic E-state index is -0.185. The van der Waals surface area contributed by atoms with Gasteiger partial charge in [0.05, 0.1) is 0 Å². The fraction of sp³-hybridized carbons (Fsp3) is 0.600. The minimum absolute atomic E-state index is 0.0350. The summed E-state index contributed by atoms with van der Waals surface area (Å²) in [7, 11) is 0. The van der Waals surface area contributed by atoms with Crippen LogP contribution in [0.15, 0.2) is 41.5 Å². The van der Waals surface area contributed by atoms with E-state index in [2.05, 4.69) is 26.0 Å². The average molecular weight is 365 g/mol. The minimum Gasteiger partial charge on any atom is -0.299 e. The molecule has 0 aromatic heterocycles. The zero-order valence-electron chi connectivity index (χ0n) is 16.8. The molecule has 0 spiro atoms. The van der Waals surface area contributed by atoms with E-state index in [0.29, 0.717) is 18.0 Å². The lowest BCUT2D eigenvalue weighted by molar-refractivity contribution is -0.144. The third-order valence-corrected chi connectivity index (χ3v) is 7.73. The molecule has 0 amide bonds. The predicted molar refractivity (Wildman–Crippen MR) is 109 cm³/mol. The van der Waals surface area contributed by atoms with Gasteiger partial charge < -0.3 is 0 Å². The first kappa shape index (κ1) is 18.7. The molecule has 27 heavy (non-hydrogen) atoms. The molecule has 0 saturated heterocycles. The van der Waals surface area contributed by atoms with Crippen LogP contribution in [-0.2, 0) is 9.59 Å². The number of allylic oxidation sites excluding steroid dienone is 2. The number of fused-ring (bicyclic) bond motifs is 1. The van der Waals surface area contributed by atoms with Gasteiger partial charge in [-0.15, -0.1) is 0 Å². The molecule has 4 rings (SSSR count). The fourth-order valence-electron chi connectivity index (χ4n) is 6.27. The van der Waals surface area contributed by atoms with Crippen LogP contribution in [0, 0.1) is 17.3 Å². The topological polar surface area (TPSA) is 34.1 Å². The summed E-state index contributed by atoms with van der Waals surface area (Å²) in [5.74, 6) is 0.816. The van der Waals surface area contributed by atoms with Gasteiger partial charge in [0.1, 0.15) is 5.78 Å². The van der Waals surface area contributed by atoms with Crippen LogP contribution in [0.25, 0.3) is 0 Å². The van der Waals surface area contributed by atoms with Gasteiger partial charge in [-0.2, -0.15) is 0 Å². The summed E-state index contributed by atoms with van der Waals surface area (Å²) in [6.45, 7) is 4.41. The molecular formula is C25H32O2. The van der Waals surface area contributed by atoms with Crippen molar-refractivity contribution in [3.8, 4) is 0 Å². The van der Waals surface area contributed by atoms with Crippen LogP contribution in [0.2, 0.25) is 0 Å². The SMILES string of the molecule is CC1=C(C(=O)[C@H]2[C@H](c3ccccc3)CC(=O)[C@H]3CCCC[C@@]32C)CCCC1. The Morgan fingerprint density at radius 3 is 2.52 bits per heavy atom. The van der Waals surface area contributed by atoms with Crippen molar-refractivity contribution in [2.45, 2.75) is 77.6 Å². The Balaban J connectivity index is 1.80. The second-order valence-corrected chi connectivity index (χ2v) is 9.30. The van der Waals surface area contributed by atoms with Gasteiger partial charge in [-0.05, 0) is 62.0 Å². The highest BCUT2D eigenvalue weighted by Gasteiger charge is 2.56. The molecule has 0 heterocycles. The third-order valence-electron chi connectivity index (χ3n) is 7.73. The predicted octanol–water partition coefficient (Wildman–Crippen LogP) is 6.02. The molecule has 2 nitrogen and oxygen atoms in total. The van der Waals surface area contributed by atoms with E-state index in [0.717, 1.165) is 50.5 Å². The Morgan fingerprint density at radius 1 is 1.04 bits per heavy atom. The van der Waals surface area contributed by atoms with E-state index in [1.165, 1.54) is 17.6 Å². The van der Waals surface area contributed by atoms with Crippen molar-refractivity contribution in [1.29, 1.82) is 0 Å². The quantitative estimate of drug-likeness (QED) is 0.657. The summed E-state index contributed by atoms with van der Waals surface area (Å²) in [4.78, 5) is 27.0. The molecule has 2 fully saturated rings. The molecule has 3 aliphatic carbocycles. The molecule has 1 aromatic rings. The smallest absolute Gasteiger partial charge is 0.163 e. The highest BCUT2D eigenvalue weighted by Crippen LogP contribution is 2.57. The van der Waals surface area contributed by atoms with Crippen LogP contribution in [-0.4, -0.2) is 11.6 Å². The molecular weight excluding hydrogens is 332 g/mol. The van der Waals surface area contributed by atoms with Crippen LogP contribution < -0.4 is 0 Å². The zero-order valence-corrected chi connectivity index (χ0v) is 16.8. The van der Waals surface area contributed by atoms with E-state index in [9.17, 15) is 9.59 Å². The van der Waals surface area contributed by atoms with Crippen molar-refractivity contribution >= 4 is 11.6 Å². The van der Waals surface area contributed by atoms with Crippen LogP contribution in [0.3, 0.4) is 0 Å². The number of Topliss-reactive ketones (excluding diaryl/α,β-unsaturated/α-hetero) is 2. The van der Waals surface area contributed by atoms with Gasteiger partial charge in [-0.3, -0.25) is 9.59 Å². The molecule has 0 aliphatic heterocycles. The lowest BCUT2D eigenvalue weighted by atomic mass is 9.49. The maximum absolute atomic E-state index is 13.9. The van der Waals surface area contributed by atoms with Crippen molar-refractivity contribution in [2.75, 3.05) is 0 Å². The fourth-order valence-corrected chi connectivity index (χ4v) is 6.27. The van der Waals surface area contributed by atoms with Gasteiger partial charge in [0.2, 0.25) is 0 Å². The van der Waals surface area contributed by atoms with Gasteiger partial charge in [0.25, 0.3) is 0 Å². The second-order valence-electron chi connectivity index (χ2n) is 9.30. The maximum atomic E-state index is 13.9. The van der Waals surface area contributed by atoms with Crippen molar-refractivity contribution in [3.63, 3.8) is 0 Å². The summed E-state index contributed by atoms with van der Waals surface area (Å²) < 4.78 is 0. The van der Waals surface area contributed by atoms with Crippen LogP contribution in [0.1, 0.15) is 83.1 Å². The Hall–Kier alpha value is -1.70. The van der Waals surface area contributed by atoms with Crippen molar-refractivity contribution in [3.05, 3.63) is 47.0 Å². The molecule has 0 radical (unpaired) electrons. The monoisotopic (exact) mass is 364 g/mol. The van der Waals surface area contributed by atoms with E-state index < -0.39 is 0 Å². The molecule has 4 atom stereocenters. The van der Waals surface area contributed by atoms with Crippen LogP contribution in [0.4, 0.5) is 0 Å². The van der Waals surface area contributed by atoms with Gasteiger partial charge in [0.15, 0.2) is 5.78 Å². The van der Waals surface area contributed by atoms with Gasteiger partial charge in [0, 0.05) is 24.2 Å². The van der Waals surface area contributed by atoms with Crippen molar-refractivity contribution < 1.29 is 9.59 Å². The van der Waals surface area contributed by atoms with Gasteiger partial charge >= 0.3 is 0 Å². The summed E-state index contributed by atoms with van der Waals surface area (Å²) in [6.07, 6.45) is 9.10. The number of hydrogen-bond acceptors (Lipinski definition) is 2. The van der Waals surface area contributed by atoms with E-state index in [1.807, 2.05) is 18.2 Å². The second kappa shape index (κ2) is 7.37. The molecule has 0 N–H and O–H groups in total. The number of rotatable bonds is 3. The normalized spacial score (nSPS) is 34.3. The molecule has 2 heteroatoms. The molecule has 3 aliphatic rings. The first-order chi connectivity index (χ1) is 13.0. The Morgan fingerprint density at radius 2 is 1.78 bits per heavy atom. The first-order valence-electron chi connectivity index (χ1n) is 10.8. The lowest BCUT2D eigenvalue weighted by Gasteiger charge is -2.52. The average Bonchev–Trinajstić information content (AvgIpc) is 2.68. The highest BCUT2D eigenvalue weighted by atomic mass is 16.1. The molecule has 0 bridgehead atoms. The molecule has 1 aromatic carbocycles. The third kappa shape index (κ3) is 3.22. The number of hydrogen-bond donors (Lipinski definition) is 0. The van der Waals surface area contributed by atoms with Gasteiger partial charge in [-0.25, -0.2) is 0 Å². The number of carbonyl (C=O) groups excluding carboxylic acids is 2. The molecule has 2 saturated carbocycles. The summed E-state index contributed by atoms with van der Waals surface area (Å²) in [5, 5.41) is 0. The highest BCUT2D eigenvalue weighted by molar-refractivity contribution is 6.01. The first-order valence-corrected chi connectivity index (χ1v) is 10.8. The number of ketones is 2. The van der Waals surface area contributed by atoms with E-state index in [-0.39, 0.29) is 23.2 Å². The largest absolute Gasteiger partial charge is 0.299 e. The van der Waals surface area contributed by atoms with E-state index in [1.54, 1.807) is 0 Å². The zero-order chi connectivity index (χ0) is 19.0. The number of carbonyl (C=O) groups is 2. The molecule has 144 valence electrons. The Kier molecular flexibility index (Phi) is 5.09. The van der Waals surface area contributed by atoms with Crippen LogP contribution in [0.5, 0.6) is 0 Å². The maximum Gasteiger partial charge on any atom is 0.163 e. The summed E-state index contributed by atoms with van der Waals surface area (Å²) in [5.41, 5.74) is 3.37. The Labute approximate surface area is 163 Å². The van der Waals surface area contributed by atoms with Crippen molar-refractivity contribution in [2.24, 2.45) is 17.3 Å². The molecule has 0 unspecified atom stereocenters. The summed E-state index contributed by atoms with van der Waals surface area (Å²) >= 11 is 0. The lowest BCUT2D eigenvalue weighted by Crippen LogP contribution is -2.52. The Bertz CT molecular complexity index is 760. The summed E-state index contributed by atoms with van der Waals surface area (Å²) in [6, 6.07) is 10.3.